The lowest BCUT2D eigenvalue weighted by Gasteiger charge is -2.04. The molecular formula is C8H7F2NO2. The van der Waals surface area contributed by atoms with Crippen molar-refractivity contribution in [3.05, 3.63) is 45.5 Å². The van der Waals surface area contributed by atoms with Gasteiger partial charge >= 0.3 is 0 Å². The summed E-state index contributed by atoms with van der Waals surface area (Å²) < 4.78 is 25.5. The van der Waals surface area contributed by atoms with Gasteiger partial charge in [0.1, 0.15) is 11.6 Å². The van der Waals surface area contributed by atoms with Crippen molar-refractivity contribution in [2.45, 2.75) is 13.0 Å². The number of hydrogen-bond acceptors (Lipinski definition) is 2. The molecule has 0 heterocycles. The molecule has 1 aromatic rings. The normalized spacial score (nSPS) is 12.5. The monoisotopic (exact) mass is 187 g/mol. The van der Waals surface area contributed by atoms with E-state index in [1.54, 1.807) is 0 Å². The molecule has 0 saturated heterocycles. The predicted octanol–water partition coefficient (Wildman–Crippen LogP) is 2.30. The first-order valence-corrected chi connectivity index (χ1v) is 3.61. The summed E-state index contributed by atoms with van der Waals surface area (Å²) in [5, 5.41) is 10.3. The van der Waals surface area contributed by atoms with Crippen LogP contribution in [0.2, 0.25) is 0 Å². The first-order valence-electron chi connectivity index (χ1n) is 3.61. The highest BCUT2D eigenvalue weighted by molar-refractivity contribution is 5.20. The first kappa shape index (κ1) is 9.57. The third-order valence-corrected chi connectivity index (χ3v) is 1.72. The van der Waals surface area contributed by atoms with E-state index in [9.17, 15) is 18.9 Å². The fourth-order valence-corrected chi connectivity index (χ4v) is 0.948. The van der Waals surface area contributed by atoms with Crippen LogP contribution in [-0.4, -0.2) is 4.92 Å². The van der Waals surface area contributed by atoms with Crippen LogP contribution in [0.4, 0.5) is 8.78 Å². The Kier molecular flexibility index (Phi) is 2.55. The van der Waals surface area contributed by atoms with Gasteiger partial charge in [0.2, 0.25) is 6.04 Å². The fourth-order valence-electron chi connectivity index (χ4n) is 0.948. The molecule has 0 amide bonds. The number of halogens is 2. The zero-order valence-electron chi connectivity index (χ0n) is 6.83. The third-order valence-electron chi connectivity index (χ3n) is 1.72. The summed E-state index contributed by atoms with van der Waals surface area (Å²) in [7, 11) is 0. The van der Waals surface area contributed by atoms with E-state index < -0.39 is 22.6 Å². The van der Waals surface area contributed by atoms with E-state index in [1.807, 2.05) is 0 Å². The molecule has 1 atom stereocenters. The Hall–Kier alpha value is -1.52. The third kappa shape index (κ3) is 1.99. The molecule has 3 nitrogen and oxygen atoms in total. The standard InChI is InChI=1S/C8H7F2NO2/c1-5(11(12)13)7-4-6(9)2-3-8(7)10/h2-5H,1H3. The van der Waals surface area contributed by atoms with Gasteiger partial charge < -0.3 is 0 Å². The minimum Gasteiger partial charge on any atom is -0.264 e. The maximum Gasteiger partial charge on any atom is 0.238 e. The number of nitrogens with zero attached hydrogens (tertiary/aromatic N) is 1. The fraction of sp³-hybridized carbons (Fsp3) is 0.250. The number of rotatable bonds is 2. The second-order valence-electron chi connectivity index (χ2n) is 2.63. The molecule has 70 valence electrons. The van der Waals surface area contributed by atoms with E-state index in [0.717, 1.165) is 18.2 Å². The average Bonchev–Trinajstić information content (AvgIpc) is 2.08. The van der Waals surface area contributed by atoms with Gasteiger partial charge in [0, 0.05) is 11.8 Å². The molecule has 1 unspecified atom stereocenters. The van der Waals surface area contributed by atoms with Crippen LogP contribution in [0.1, 0.15) is 18.5 Å². The summed E-state index contributed by atoms with van der Waals surface area (Å²) in [6, 6.07) is 1.41. The SMILES string of the molecule is CC(c1cc(F)ccc1F)[N+](=O)[O-]. The van der Waals surface area contributed by atoms with Crippen LogP contribution < -0.4 is 0 Å². The van der Waals surface area contributed by atoms with Gasteiger partial charge in [-0.05, 0) is 18.2 Å². The van der Waals surface area contributed by atoms with E-state index in [0.29, 0.717) is 0 Å². The summed E-state index contributed by atoms with van der Waals surface area (Å²) in [6.45, 7) is 1.21. The second kappa shape index (κ2) is 3.47. The van der Waals surface area contributed by atoms with E-state index >= 15 is 0 Å². The van der Waals surface area contributed by atoms with E-state index in [-0.39, 0.29) is 5.56 Å². The molecule has 0 spiro atoms. The van der Waals surface area contributed by atoms with Crippen molar-refractivity contribution >= 4 is 0 Å². The summed E-state index contributed by atoms with van der Waals surface area (Å²) >= 11 is 0. The lowest BCUT2D eigenvalue weighted by molar-refractivity contribution is -0.524. The molecule has 0 saturated carbocycles. The molecule has 0 aromatic heterocycles. The second-order valence-corrected chi connectivity index (χ2v) is 2.63. The molecule has 13 heavy (non-hydrogen) atoms. The molecule has 0 aliphatic heterocycles. The number of nitro groups is 1. The van der Waals surface area contributed by atoms with Gasteiger partial charge in [0.25, 0.3) is 0 Å². The first-order chi connectivity index (χ1) is 6.02. The van der Waals surface area contributed by atoms with Gasteiger partial charge in [-0.3, -0.25) is 10.1 Å². The summed E-state index contributed by atoms with van der Waals surface area (Å²) in [5.74, 6) is -1.43. The Morgan fingerprint density at radius 3 is 2.62 bits per heavy atom. The highest BCUT2D eigenvalue weighted by Crippen LogP contribution is 2.19. The Morgan fingerprint density at radius 2 is 2.08 bits per heavy atom. The van der Waals surface area contributed by atoms with Crippen molar-refractivity contribution in [2.75, 3.05) is 0 Å². The number of benzene rings is 1. The van der Waals surface area contributed by atoms with Gasteiger partial charge in [-0.15, -0.1) is 0 Å². The lowest BCUT2D eigenvalue weighted by Crippen LogP contribution is -2.08. The molecule has 0 bridgehead atoms. The van der Waals surface area contributed by atoms with Crippen molar-refractivity contribution in [1.82, 2.24) is 0 Å². The van der Waals surface area contributed by atoms with Crippen LogP contribution in [0, 0.1) is 21.7 Å². The molecule has 0 radical (unpaired) electrons. The zero-order valence-corrected chi connectivity index (χ0v) is 6.83. The van der Waals surface area contributed by atoms with Crippen LogP contribution in [0.5, 0.6) is 0 Å². The smallest absolute Gasteiger partial charge is 0.238 e. The largest absolute Gasteiger partial charge is 0.264 e. The Morgan fingerprint density at radius 1 is 1.46 bits per heavy atom. The van der Waals surface area contributed by atoms with Crippen LogP contribution in [0.25, 0.3) is 0 Å². The van der Waals surface area contributed by atoms with E-state index in [1.165, 1.54) is 6.92 Å². The maximum absolute atomic E-state index is 12.9. The van der Waals surface area contributed by atoms with Crippen LogP contribution >= 0.6 is 0 Å². The van der Waals surface area contributed by atoms with E-state index in [2.05, 4.69) is 0 Å². The average molecular weight is 187 g/mol. The van der Waals surface area contributed by atoms with Gasteiger partial charge in [-0.2, -0.15) is 0 Å². The highest BCUT2D eigenvalue weighted by Gasteiger charge is 2.20. The van der Waals surface area contributed by atoms with Crippen molar-refractivity contribution in [3.63, 3.8) is 0 Å². The molecule has 1 rings (SSSR count). The lowest BCUT2D eigenvalue weighted by atomic mass is 10.1. The van der Waals surface area contributed by atoms with Crippen LogP contribution in [0.15, 0.2) is 18.2 Å². The van der Waals surface area contributed by atoms with Crippen LogP contribution in [0.3, 0.4) is 0 Å². The summed E-state index contributed by atoms with van der Waals surface area (Å²) in [6.07, 6.45) is 0. The van der Waals surface area contributed by atoms with Crippen molar-refractivity contribution in [2.24, 2.45) is 0 Å². The summed E-state index contributed by atoms with van der Waals surface area (Å²) in [4.78, 5) is 9.61. The van der Waals surface area contributed by atoms with Crippen LogP contribution in [-0.2, 0) is 0 Å². The predicted molar refractivity (Wildman–Crippen MR) is 41.8 cm³/mol. The minimum atomic E-state index is -1.23. The summed E-state index contributed by atoms with van der Waals surface area (Å²) in [5.41, 5.74) is -0.231. The Labute approximate surface area is 73.1 Å². The van der Waals surface area contributed by atoms with E-state index in [4.69, 9.17) is 0 Å². The molecular weight excluding hydrogens is 180 g/mol. The van der Waals surface area contributed by atoms with Gasteiger partial charge in [-0.25, -0.2) is 8.78 Å². The molecule has 0 aliphatic rings. The maximum atomic E-state index is 12.9. The van der Waals surface area contributed by atoms with Crippen molar-refractivity contribution in [1.29, 1.82) is 0 Å². The number of hydrogen-bond donors (Lipinski definition) is 0. The van der Waals surface area contributed by atoms with Crippen molar-refractivity contribution in [3.8, 4) is 0 Å². The van der Waals surface area contributed by atoms with Gasteiger partial charge in [-0.1, -0.05) is 0 Å². The molecule has 0 fully saturated rings. The molecule has 1 aromatic carbocycles. The molecule has 0 aliphatic carbocycles. The molecule has 0 N–H and O–H groups in total. The van der Waals surface area contributed by atoms with Gasteiger partial charge in [0.15, 0.2) is 0 Å². The van der Waals surface area contributed by atoms with Gasteiger partial charge in [0.05, 0.1) is 5.56 Å². The highest BCUT2D eigenvalue weighted by atomic mass is 19.1. The topological polar surface area (TPSA) is 43.1 Å². The molecule has 5 heteroatoms. The Balaban J connectivity index is 3.12. The zero-order chi connectivity index (χ0) is 10.0. The minimum absolute atomic E-state index is 0.231. The quantitative estimate of drug-likeness (QED) is 0.526. The van der Waals surface area contributed by atoms with Crippen molar-refractivity contribution < 1.29 is 13.7 Å². The Bertz CT molecular complexity index is 341.